The third kappa shape index (κ3) is 2.58. The minimum absolute atomic E-state index is 0.325. The summed E-state index contributed by atoms with van der Waals surface area (Å²) < 4.78 is 14.5. The van der Waals surface area contributed by atoms with Crippen LogP contribution in [0.3, 0.4) is 0 Å². The molecule has 0 heterocycles. The van der Waals surface area contributed by atoms with E-state index in [1.165, 1.54) is 6.07 Å². The van der Waals surface area contributed by atoms with Gasteiger partial charge in [0.25, 0.3) is 0 Å². The van der Waals surface area contributed by atoms with Crippen molar-refractivity contribution in [2.45, 2.75) is 13.0 Å². The summed E-state index contributed by atoms with van der Waals surface area (Å²) in [5.74, 6) is -0.325. The molecule has 0 amide bonds. The molecule has 0 aliphatic rings. The molecule has 1 nitrogen and oxygen atoms in total. The fraction of sp³-hybridized carbons (Fsp3) is 0.143. The smallest absolute Gasteiger partial charge is 0.129 e. The van der Waals surface area contributed by atoms with E-state index < -0.39 is 6.04 Å². The minimum atomic E-state index is -0.543. The highest BCUT2D eigenvalue weighted by Gasteiger charge is 2.17. The van der Waals surface area contributed by atoms with Crippen LogP contribution < -0.4 is 5.73 Å². The predicted octanol–water partition coefficient (Wildman–Crippen LogP) is 4.60. The van der Waals surface area contributed by atoms with Gasteiger partial charge in [0, 0.05) is 15.1 Å². The normalized spacial score (nSPS) is 12.5. The Morgan fingerprint density at radius 2 is 2.00 bits per heavy atom. The summed E-state index contributed by atoms with van der Waals surface area (Å²) in [5, 5.41) is 0.635. The average Bonchev–Trinajstić information content (AvgIpc) is 2.32. The minimum Gasteiger partial charge on any atom is -0.320 e. The van der Waals surface area contributed by atoms with E-state index in [0.29, 0.717) is 15.1 Å². The Hall–Kier alpha value is -0.900. The molecular weight excluding hydrogens is 317 g/mol. The highest BCUT2D eigenvalue weighted by atomic mass is 79.9. The quantitative estimate of drug-likeness (QED) is 0.856. The fourth-order valence-electron chi connectivity index (χ4n) is 1.78. The third-order valence-corrected chi connectivity index (χ3v) is 3.96. The van der Waals surface area contributed by atoms with Gasteiger partial charge in [-0.25, -0.2) is 4.39 Å². The Balaban J connectivity index is 2.48. The van der Waals surface area contributed by atoms with Gasteiger partial charge in [0.1, 0.15) is 5.82 Å². The first-order valence-electron chi connectivity index (χ1n) is 5.46. The van der Waals surface area contributed by atoms with Gasteiger partial charge in [-0.15, -0.1) is 0 Å². The van der Waals surface area contributed by atoms with Crippen LogP contribution >= 0.6 is 27.5 Å². The van der Waals surface area contributed by atoms with Crippen LogP contribution in [0.15, 0.2) is 40.9 Å². The highest BCUT2D eigenvalue weighted by molar-refractivity contribution is 9.10. The number of hydrogen-bond acceptors (Lipinski definition) is 1. The molecule has 2 rings (SSSR count). The molecule has 2 aromatic rings. The van der Waals surface area contributed by atoms with Crippen LogP contribution in [0.5, 0.6) is 0 Å². The lowest BCUT2D eigenvalue weighted by atomic mass is 9.98. The predicted molar refractivity (Wildman–Crippen MR) is 76.3 cm³/mol. The van der Waals surface area contributed by atoms with Gasteiger partial charge in [-0.2, -0.15) is 0 Å². The number of halogens is 3. The summed E-state index contributed by atoms with van der Waals surface area (Å²) in [6.07, 6.45) is 0. The lowest BCUT2D eigenvalue weighted by Crippen LogP contribution is -2.14. The lowest BCUT2D eigenvalue weighted by Gasteiger charge is -2.16. The van der Waals surface area contributed by atoms with Crippen molar-refractivity contribution in [3.8, 4) is 0 Å². The fourth-order valence-corrected chi connectivity index (χ4v) is 2.55. The van der Waals surface area contributed by atoms with E-state index in [9.17, 15) is 4.39 Å². The summed E-state index contributed by atoms with van der Waals surface area (Å²) in [6, 6.07) is 9.79. The SMILES string of the molecule is Cc1ccc(C(N)c2c(F)cccc2Br)cc1Cl. The molecule has 94 valence electrons. The maximum atomic E-state index is 13.8. The Morgan fingerprint density at radius 1 is 1.28 bits per heavy atom. The van der Waals surface area contributed by atoms with Gasteiger partial charge in [-0.3, -0.25) is 0 Å². The number of rotatable bonds is 2. The van der Waals surface area contributed by atoms with Crippen LogP contribution in [-0.2, 0) is 0 Å². The van der Waals surface area contributed by atoms with E-state index in [2.05, 4.69) is 15.9 Å². The number of nitrogens with two attached hydrogens (primary N) is 1. The molecule has 0 aliphatic heterocycles. The van der Waals surface area contributed by atoms with Crippen LogP contribution in [0.2, 0.25) is 5.02 Å². The zero-order valence-electron chi connectivity index (χ0n) is 9.75. The van der Waals surface area contributed by atoms with Gasteiger partial charge >= 0.3 is 0 Å². The van der Waals surface area contributed by atoms with Crippen LogP contribution in [0, 0.1) is 12.7 Å². The van der Waals surface area contributed by atoms with Crippen LogP contribution in [0.4, 0.5) is 4.39 Å². The Kier molecular flexibility index (Phi) is 4.05. The first-order chi connectivity index (χ1) is 8.50. The molecule has 0 bridgehead atoms. The second kappa shape index (κ2) is 5.39. The molecule has 0 aromatic heterocycles. The van der Waals surface area contributed by atoms with Gasteiger partial charge in [0.2, 0.25) is 0 Å². The van der Waals surface area contributed by atoms with Gasteiger partial charge in [0.05, 0.1) is 6.04 Å². The summed E-state index contributed by atoms with van der Waals surface area (Å²) in [7, 11) is 0. The molecule has 18 heavy (non-hydrogen) atoms. The zero-order chi connectivity index (χ0) is 13.3. The average molecular weight is 329 g/mol. The Bertz CT molecular complexity index is 566. The highest BCUT2D eigenvalue weighted by Crippen LogP contribution is 2.30. The molecule has 2 N–H and O–H groups in total. The molecule has 0 radical (unpaired) electrons. The van der Waals surface area contributed by atoms with Crippen molar-refractivity contribution in [1.29, 1.82) is 0 Å². The molecule has 0 saturated heterocycles. The maximum Gasteiger partial charge on any atom is 0.129 e. The van der Waals surface area contributed by atoms with E-state index in [0.717, 1.165) is 11.1 Å². The number of aryl methyl sites for hydroxylation is 1. The number of hydrogen-bond donors (Lipinski definition) is 1. The summed E-state index contributed by atoms with van der Waals surface area (Å²) in [4.78, 5) is 0. The Labute approximate surface area is 119 Å². The molecule has 2 aromatic carbocycles. The summed E-state index contributed by atoms with van der Waals surface area (Å²) in [5.41, 5.74) is 8.31. The second-order valence-corrected chi connectivity index (χ2v) is 5.38. The first kappa shape index (κ1) is 13.5. The molecule has 1 unspecified atom stereocenters. The number of benzene rings is 2. The van der Waals surface area contributed by atoms with Crippen LogP contribution in [0.1, 0.15) is 22.7 Å². The lowest BCUT2D eigenvalue weighted by molar-refractivity contribution is 0.598. The standard InChI is InChI=1S/C14H12BrClFN/c1-8-5-6-9(7-11(8)16)14(18)13-10(15)3-2-4-12(13)17/h2-7,14H,18H2,1H3. The summed E-state index contributed by atoms with van der Waals surface area (Å²) in [6.45, 7) is 1.91. The van der Waals surface area contributed by atoms with Crippen molar-refractivity contribution in [1.82, 2.24) is 0 Å². The molecule has 0 fully saturated rings. The van der Waals surface area contributed by atoms with E-state index in [-0.39, 0.29) is 5.82 Å². The first-order valence-corrected chi connectivity index (χ1v) is 6.63. The van der Waals surface area contributed by atoms with Crippen LogP contribution in [0.25, 0.3) is 0 Å². The van der Waals surface area contributed by atoms with Crippen molar-refractivity contribution in [2.75, 3.05) is 0 Å². The molecule has 4 heteroatoms. The van der Waals surface area contributed by atoms with Crippen LogP contribution in [-0.4, -0.2) is 0 Å². The van der Waals surface area contributed by atoms with Crippen molar-refractivity contribution >= 4 is 27.5 Å². The molecule has 1 atom stereocenters. The van der Waals surface area contributed by atoms with E-state index in [1.807, 2.05) is 19.1 Å². The van der Waals surface area contributed by atoms with Gasteiger partial charge in [-0.1, -0.05) is 45.7 Å². The zero-order valence-corrected chi connectivity index (χ0v) is 12.1. The third-order valence-electron chi connectivity index (χ3n) is 2.87. The van der Waals surface area contributed by atoms with Crippen molar-refractivity contribution in [3.05, 3.63) is 68.4 Å². The Morgan fingerprint density at radius 3 is 2.61 bits per heavy atom. The largest absolute Gasteiger partial charge is 0.320 e. The van der Waals surface area contributed by atoms with Gasteiger partial charge in [0.15, 0.2) is 0 Å². The molecule has 0 aliphatic carbocycles. The van der Waals surface area contributed by atoms with Crippen molar-refractivity contribution in [2.24, 2.45) is 5.73 Å². The topological polar surface area (TPSA) is 26.0 Å². The second-order valence-electron chi connectivity index (χ2n) is 4.12. The van der Waals surface area contributed by atoms with Gasteiger partial charge < -0.3 is 5.73 Å². The van der Waals surface area contributed by atoms with E-state index in [4.69, 9.17) is 17.3 Å². The van der Waals surface area contributed by atoms with Crippen molar-refractivity contribution in [3.63, 3.8) is 0 Å². The summed E-state index contributed by atoms with van der Waals surface area (Å²) >= 11 is 9.39. The van der Waals surface area contributed by atoms with Gasteiger partial charge in [-0.05, 0) is 36.2 Å². The molecular formula is C14H12BrClFN. The molecule has 0 spiro atoms. The monoisotopic (exact) mass is 327 g/mol. The molecule has 0 saturated carbocycles. The maximum absolute atomic E-state index is 13.8. The van der Waals surface area contributed by atoms with Crippen molar-refractivity contribution < 1.29 is 4.39 Å². The van der Waals surface area contributed by atoms with E-state index >= 15 is 0 Å². The van der Waals surface area contributed by atoms with E-state index in [1.54, 1.807) is 18.2 Å².